The van der Waals surface area contributed by atoms with E-state index in [2.05, 4.69) is 15.6 Å². The third-order valence-electron chi connectivity index (χ3n) is 6.41. The molecule has 3 amide bonds. The van der Waals surface area contributed by atoms with Crippen LogP contribution in [-0.2, 0) is 11.2 Å². The number of thiazole rings is 1. The van der Waals surface area contributed by atoms with E-state index >= 15 is 0 Å². The molecular weight excluding hydrogens is 527 g/mol. The largest absolute Gasteiger partial charge is 0.340 e. The van der Waals surface area contributed by atoms with Gasteiger partial charge >= 0.3 is 0 Å². The zero-order valence-corrected chi connectivity index (χ0v) is 22.3. The Labute approximate surface area is 234 Å². The van der Waals surface area contributed by atoms with E-state index in [-0.39, 0.29) is 23.5 Å². The van der Waals surface area contributed by atoms with Gasteiger partial charge in [0.1, 0.15) is 11.9 Å². The third-order valence-corrected chi connectivity index (χ3v) is 7.22. The molecule has 5 rings (SSSR count). The molecule has 5 aromatic rings. The average Bonchev–Trinajstić information content (AvgIpc) is 3.46. The molecule has 9 heteroatoms. The molecule has 0 unspecified atom stereocenters. The number of nitrogens with zero attached hydrogens (tertiary/aromatic N) is 2. The summed E-state index contributed by atoms with van der Waals surface area (Å²) in [5.74, 6) is -1.65. The summed E-state index contributed by atoms with van der Waals surface area (Å²) in [6, 6.07) is 25.8. The van der Waals surface area contributed by atoms with E-state index in [1.54, 1.807) is 30.8 Å². The van der Waals surface area contributed by atoms with Crippen molar-refractivity contribution in [2.45, 2.75) is 12.5 Å². The molecule has 1 atom stereocenters. The standard InChI is InChI=1S/C31H25FN4O3S/c1-36(25-14-15-28-26(18-25)33-19-40-28)31(39)27(16-20-6-3-2-4-7-20)35-30(38)22-9-5-8-21(17-22)29(37)34-24-12-10-23(32)11-13-24/h2-15,17-19,27H,16H2,1H3,(H,34,37)(H,35,38)/t27-/m0/s1. The molecule has 1 aromatic heterocycles. The van der Waals surface area contributed by atoms with Crippen LogP contribution in [-0.4, -0.2) is 35.8 Å². The van der Waals surface area contributed by atoms with Crippen molar-refractivity contribution in [1.29, 1.82) is 0 Å². The fraction of sp³-hybridized carbons (Fsp3) is 0.0968. The first-order valence-electron chi connectivity index (χ1n) is 12.5. The molecule has 0 saturated heterocycles. The second kappa shape index (κ2) is 11.9. The fourth-order valence-electron chi connectivity index (χ4n) is 4.25. The van der Waals surface area contributed by atoms with Crippen LogP contribution in [0, 0.1) is 5.82 Å². The number of hydrogen-bond donors (Lipinski definition) is 2. The Morgan fingerprint density at radius 2 is 1.60 bits per heavy atom. The summed E-state index contributed by atoms with van der Waals surface area (Å²) in [4.78, 5) is 45.7. The van der Waals surface area contributed by atoms with Crippen molar-refractivity contribution < 1.29 is 18.8 Å². The number of fused-ring (bicyclic) bond motifs is 1. The summed E-state index contributed by atoms with van der Waals surface area (Å²) >= 11 is 1.52. The van der Waals surface area contributed by atoms with Crippen LogP contribution >= 0.6 is 11.3 Å². The van der Waals surface area contributed by atoms with Crippen molar-refractivity contribution in [3.05, 3.63) is 125 Å². The van der Waals surface area contributed by atoms with Crippen molar-refractivity contribution in [1.82, 2.24) is 10.3 Å². The van der Waals surface area contributed by atoms with E-state index in [0.717, 1.165) is 15.8 Å². The minimum Gasteiger partial charge on any atom is -0.340 e. The first-order chi connectivity index (χ1) is 19.4. The van der Waals surface area contributed by atoms with Gasteiger partial charge in [-0.3, -0.25) is 14.4 Å². The second-order valence-corrected chi connectivity index (χ2v) is 10.0. The molecule has 40 heavy (non-hydrogen) atoms. The number of aromatic nitrogens is 1. The van der Waals surface area contributed by atoms with Gasteiger partial charge in [-0.15, -0.1) is 11.3 Å². The summed E-state index contributed by atoms with van der Waals surface area (Å²) in [6.07, 6.45) is 0.277. The average molecular weight is 553 g/mol. The lowest BCUT2D eigenvalue weighted by atomic mass is 10.0. The van der Waals surface area contributed by atoms with Crippen molar-refractivity contribution in [2.75, 3.05) is 17.3 Å². The van der Waals surface area contributed by atoms with Crippen LogP contribution in [0.1, 0.15) is 26.3 Å². The Kier molecular flexibility index (Phi) is 7.93. The summed E-state index contributed by atoms with van der Waals surface area (Å²) in [5, 5.41) is 5.55. The van der Waals surface area contributed by atoms with Crippen LogP contribution in [0.2, 0.25) is 0 Å². The van der Waals surface area contributed by atoms with Crippen molar-refractivity contribution in [3.8, 4) is 0 Å². The third kappa shape index (κ3) is 6.22. The number of anilines is 2. The number of hydrogen-bond acceptors (Lipinski definition) is 5. The molecule has 0 saturated carbocycles. The lowest BCUT2D eigenvalue weighted by Gasteiger charge is -2.25. The molecule has 0 aliphatic rings. The summed E-state index contributed by atoms with van der Waals surface area (Å²) in [5.41, 5.74) is 4.99. The van der Waals surface area contributed by atoms with E-state index < -0.39 is 23.7 Å². The monoisotopic (exact) mass is 552 g/mol. The van der Waals surface area contributed by atoms with Gasteiger partial charge in [0.05, 0.1) is 15.7 Å². The maximum absolute atomic E-state index is 13.7. The molecular formula is C31H25FN4O3S. The van der Waals surface area contributed by atoms with Crippen molar-refractivity contribution in [3.63, 3.8) is 0 Å². The molecule has 0 fully saturated rings. The normalized spacial score (nSPS) is 11.6. The smallest absolute Gasteiger partial charge is 0.255 e. The number of amides is 3. The van der Waals surface area contributed by atoms with E-state index in [4.69, 9.17) is 0 Å². The highest BCUT2D eigenvalue weighted by Crippen LogP contribution is 2.24. The van der Waals surface area contributed by atoms with Gasteiger partial charge in [-0.05, 0) is 66.2 Å². The molecule has 1 heterocycles. The Balaban J connectivity index is 1.35. The Hall–Kier alpha value is -4.89. The van der Waals surface area contributed by atoms with E-state index in [1.807, 2.05) is 48.5 Å². The first-order valence-corrected chi connectivity index (χ1v) is 13.4. The highest BCUT2D eigenvalue weighted by molar-refractivity contribution is 7.16. The number of carbonyl (C=O) groups excluding carboxylic acids is 3. The Morgan fingerprint density at radius 3 is 2.35 bits per heavy atom. The molecule has 0 bridgehead atoms. The lowest BCUT2D eigenvalue weighted by Crippen LogP contribution is -2.48. The summed E-state index contributed by atoms with van der Waals surface area (Å²) in [6.45, 7) is 0. The minimum absolute atomic E-state index is 0.226. The first kappa shape index (κ1) is 26.7. The van der Waals surface area contributed by atoms with E-state index in [1.165, 1.54) is 46.6 Å². The zero-order valence-electron chi connectivity index (χ0n) is 21.5. The van der Waals surface area contributed by atoms with Crippen molar-refractivity contribution >= 4 is 50.6 Å². The highest BCUT2D eigenvalue weighted by Gasteiger charge is 2.26. The van der Waals surface area contributed by atoms with Gasteiger partial charge in [-0.1, -0.05) is 36.4 Å². The second-order valence-electron chi connectivity index (χ2n) is 9.16. The van der Waals surface area contributed by atoms with Gasteiger partial charge in [0.2, 0.25) is 5.91 Å². The van der Waals surface area contributed by atoms with Crippen LogP contribution in [0.5, 0.6) is 0 Å². The van der Waals surface area contributed by atoms with Gasteiger partial charge < -0.3 is 15.5 Å². The van der Waals surface area contributed by atoms with Crippen LogP contribution in [0.15, 0.2) is 103 Å². The zero-order chi connectivity index (χ0) is 28.1. The van der Waals surface area contributed by atoms with Gasteiger partial charge in [0.25, 0.3) is 11.8 Å². The predicted molar refractivity (Wildman–Crippen MR) is 155 cm³/mol. The molecule has 0 aliphatic heterocycles. The lowest BCUT2D eigenvalue weighted by molar-refractivity contribution is -0.120. The van der Waals surface area contributed by atoms with Crippen LogP contribution in [0.4, 0.5) is 15.8 Å². The maximum Gasteiger partial charge on any atom is 0.255 e. The topological polar surface area (TPSA) is 91.4 Å². The molecule has 4 aromatic carbocycles. The highest BCUT2D eigenvalue weighted by atomic mass is 32.1. The summed E-state index contributed by atoms with van der Waals surface area (Å²) < 4.78 is 14.2. The van der Waals surface area contributed by atoms with Gasteiger partial charge in [-0.25, -0.2) is 9.37 Å². The fourth-order valence-corrected chi connectivity index (χ4v) is 4.90. The SMILES string of the molecule is CN(C(=O)[C@H](Cc1ccccc1)NC(=O)c1cccc(C(=O)Nc2ccc(F)cc2)c1)c1ccc2scnc2c1. The Morgan fingerprint density at radius 1 is 0.875 bits per heavy atom. The number of benzene rings is 4. The van der Waals surface area contributed by atoms with Crippen molar-refractivity contribution in [2.24, 2.45) is 0 Å². The number of rotatable bonds is 8. The van der Waals surface area contributed by atoms with Crippen LogP contribution < -0.4 is 15.5 Å². The predicted octanol–water partition coefficient (Wildman–Crippen LogP) is 5.69. The molecule has 7 nitrogen and oxygen atoms in total. The number of likely N-dealkylation sites (N-methyl/N-ethyl adjacent to an activating group) is 1. The number of nitrogens with one attached hydrogen (secondary N) is 2. The quantitative estimate of drug-likeness (QED) is 0.259. The molecule has 0 aliphatic carbocycles. The Bertz CT molecular complexity index is 1670. The van der Waals surface area contributed by atoms with Gasteiger partial charge in [0, 0.05) is 36.0 Å². The molecule has 200 valence electrons. The minimum atomic E-state index is -0.872. The van der Waals surface area contributed by atoms with E-state index in [9.17, 15) is 18.8 Å². The van der Waals surface area contributed by atoms with Crippen LogP contribution in [0.3, 0.4) is 0 Å². The maximum atomic E-state index is 13.7. The molecule has 0 radical (unpaired) electrons. The number of halogens is 1. The van der Waals surface area contributed by atoms with E-state index in [0.29, 0.717) is 11.4 Å². The van der Waals surface area contributed by atoms with Gasteiger partial charge in [0.15, 0.2) is 0 Å². The molecule has 0 spiro atoms. The molecule has 2 N–H and O–H groups in total. The number of carbonyl (C=O) groups is 3. The van der Waals surface area contributed by atoms with Crippen LogP contribution in [0.25, 0.3) is 10.2 Å². The summed E-state index contributed by atoms with van der Waals surface area (Å²) in [7, 11) is 1.67. The van der Waals surface area contributed by atoms with Gasteiger partial charge in [-0.2, -0.15) is 0 Å².